The lowest BCUT2D eigenvalue weighted by Gasteiger charge is -2.11. The Labute approximate surface area is 170 Å². The van der Waals surface area contributed by atoms with Crippen LogP contribution in [0.4, 0.5) is 16.0 Å². The van der Waals surface area contributed by atoms with Crippen molar-refractivity contribution in [3.05, 3.63) is 60.1 Å². The smallest absolute Gasteiger partial charge is 0.229 e. The summed E-state index contributed by atoms with van der Waals surface area (Å²) < 4.78 is 15.4. The summed E-state index contributed by atoms with van der Waals surface area (Å²) in [5.41, 5.74) is 8.58. The summed E-state index contributed by atoms with van der Waals surface area (Å²) in [5, 5.41) is 10.1. The van der Waals surface area contributed by atoms with Gasteiger partial charge in [0.15, 0.2) is 5.82 Å². The number of pyridine rings is 3. The molecule has 2 unspecified atom stereocenters. The fourth-order valence-corrected chi connectivity index (χ4v) is 3.69. The molecule has 4 heterocycles. The van der Waals surface area contributed by atoms with Crippen LogP contribution in [0.2, 0.25) is 0 Å². The highest BCUT2D eigenvalue weighted by molar-refractivity contribution is 5.99. The summed E-state index contributed by atoms with van der Waals surface area (Å²) in [5.74, 6) is -0.266. The molecule has 1 aliphatic rings. The van der Waals surface area contributed by atoms with Gasteiger partial charge in [-0.15, -0.1) is 0 Å². The highest BCUT2D eigenvalue weighted by Gasteiger charge is 2.44. The number of nitrogen functional groups attached to an aromatic ring is 1. The molecule has 0 bridgehead atoms. The Kier molecular flexibility index (Phi) is 4.16. The van der Waals surface area contributed by atoms with E-state index < -0.39 is 5.82 Å². The third kappa shape index (κ3) is 3.04. The molecule has 0 spiro atoms. The fourth-order valence-electron chi connectivity index (χ4n) is 3.69. The summed E-state index contributed by atoms with van der Waals surface area (Å²) in [4.78, 5) is 25.1. The molecule has 2 atom stereocenters. The first-order chi connectivity index (χ1) is 14.5. The second-order valence-corrected chi connectivity index (χ2v) is 7.43. The molecule has 0 radical (unpaired) electrons. The van der Waals surface area contributed by atoms with E-state index in [0.717, 1.165) is 17.5 Å². The first kappa shape index (κ1) is 18.2. The monoisotopic (exact) mass is 403 g/mol. The van der Waals surface area contributed by atoms with E-state index in [-0.39, 0.29) is 40.5 Å². The van der Waals surface area contributed by atoms with Crippen molar-refractivity contribution in [2.24, 2.45) is 5.92 Å². The molecule has 5 rings (SSSR count). The standard InChI is InChI=1S/C21H18FN7O/c1-10-2-3-24-8-15(10)19-18(22)13-5-17(25-9-16(13)20(23)29-19)28-21(30)14-4-12(14)11-6-26-27-7-11/h2-3,5-9,12,14H,4H2,1H3,(H2,23,29)(H,26,27)(H,25,28,30). The lowest BCUT2D eigenvalue weighted by atomic mass is 10.0. The van der Waals surface area contributed by atoms with Crippen molar-refractivity contribution in [2.75, 3.05) is 11.1 Å². The normalized spacial score (nSPS) is 17.8. The average molecular weight is 403 g/mol. The zero-order valence-electron chi connectivity index (χ0n) is 16.1. The van der Waals surface area contributed by atoms with Gasteiger partial charge in [0.25, 0.3) is 0 Å². The van der Waals surface area contributed by atoms with Gasteiger partial charge in [-0.3, -0.25) is 14.9 Å². The van der Waals surface area contributed by atoms with Gasteiger partial charge in [-0.05, 0) is 42.5 Å². The molecule has 150 valence electrons. The van der Waals surface area contributed by atoms with Crippen LogP contribution in [0.15, 0.2) is 43.1 Å². The first-order valence-corrected chi connectivity index (χ1v) is 9.48. The molecule has 8 nitrogen and oxygen atoms in total. The van der Waals surface area contributed by atoms with E-state index >= 15 is 4.39 Å². The highest BCUT2D eigenvalue weighted by Crippen LogP contribution is 2.47. The maximum atomic E-state index is 15.4. The number of nitrogens with one attached hydrogen (secondary N) is 2. The van der Waals surface area contributed by atoms with Crippen LogP contribution in [-0.2, 0) is 4.79 Å². The summed E-state index contributed by atoms with van der Waals surface area (Å²) in [6.45, 7) is 1.85. The van der Waals surface area contributed by atoms with Crippen LogP contribution in [0.5, 0.6) is 0 Å². The van der Waals surface area contributed by atoms with Crippen LogP contribution in [0, 0.1) is 18.7 Å². The number of halogens is 1. The van der Waals surface area contributed by atoms with Gasteiger partial charge in [0.2, 0.25) is 5.91 Å². The molecule has 0 aromatic carbocycles. The molecule has 9 heteroatoms. The molecule has 0 saturated heterocycles. The van der Waals surface area contributed by atoms with E-state index in [1.807, 2.05) is 6.92 Å². The van der Waals surface area contributed by atoms with Crippen molar-refractivity contribution in [3.8, 4) is 11.3 Å². The van der Waals surface area contributed by atoms with E-state index in [0.29, 0.717) is 10.9 Å². The van der Waals surface area contributed by atoms with E-state index in [2.05, 4.69) is 30.5 Å². The number of anilines is 2. The van der Waals surface area contributed by atoms with Crippen LogP contribution >= 0.6 is 0 Å². The Morgan fingerprint density at radius 3 is 2.93 bits per heavy atom. The Morgan fingerprint density at radius 1 is 1.30 bits per heavy atom. The van der Waals surface area contributed by atoms with Crippen LogP contribution in [0.3, 0.4) is 0 Å². The number of rotatable bonds is 4. The van der Waals surface area contributed by atoms with Crippen molar-refractivity contribution in [1.82, 2.24) is 25.1 Å². The largest absolute Gasteiger partial charge is 0.383 e. The molecule has 30 heavy (non-hydrogen) atoms. The van der Waals surface area contributed by atoms with Crippen LogP contribution in [-0.4, -0.2) is 31.1 Å². The van der Waals surface area contributed by atoms with Gasteiger partial charge in [-0.2, -0.15) is 5.10 Å². The summed E-state index contributed by atoms with van der Waals surface area (Å²) >= 11 is 0. The van der Waals surface area contributed by atoms with E-state index in [4.69, 9.17) is 5.73 Å². The van der Waals surface area contributed by atoms with E-state index in [9.17, 15) is 4.79 Å². The number of H-pyrrole nitrogens is 1. The summed E-state index contributed by atoms with van der Waals surface area (Å²) in [6.07, 6.45) is 8.87. The molecule has 0 aliphatic heterocycles. The number of aromatic amines is 1. The van der Waals surface area contributed by atoms with Gasteiger partial charge in [-0.1, -0.05) is 0 Å². The molecule has 1 amide bonds. The van der Waals surface area contributed by atoms with Gasteiger partial charge in [0, 0.05) is 47.0 Å². The highest BCUT2D eigenvalue weighted by atomic mass is 19.1. The average Bonchev–Trinajstić information content (AvgIpc) is 3.36. The number of nitrogens with two attached hydrogens (primary N) is 1. The quantitative estimate of drug-likeness (QED) is 0.481. The predicted molar refractivity (Wildman–Crippen MR) is 110 cm³/mol. The van der Waals surface area contributed by atoms with Crippen molar-refractivity contribution >= 4 is 28.3 Å². The maximum Gasteiger partial charge on any atom is 0.229 e. The van der Waals surface area contributed by atoms with Gasteiger partial charge in [0.1, 0.15) is 17.3 Å². The first-order valence-electron chi connectivity index (χ1n) is 9.48. The van der Waals surface area contributed by atoms with E-state index in [1.54, 1.807) is 30.9 Å². The van der Waals surface area contributed by atoms with Gasteiger partial charge in [0.05, 0.1) is 6.20 Å². The molecule has 1 saturated carbocycles. The Balaban J connectivity index is 1.47. The molecule has 4 N–H and O–H groups in total. The lowest BCUT2D eigenvalue weighted by molar-refractivity contribution is -0.117. The van der Waals surface area contributed by atoms with Gasteiger partial charge < -0.3 is 11.1 Å². The number of aromatic nitrogens is 5. The second kappa shape index (κ2) is 6.87. The topological polar surface area (TPSA) is 122 Å². The summed E-state index contributed by atoms with van der Waals surface area (Å²) in [6, 6.07) is 3.27. The number of hydrogen-bond acceptors (Lipinski definition) is 6. The third-order valence-corrected chi connectivity index (χ3v) is 5.48. The van der Waals surface area contributed by atoms with Crippen molar-refractivity contribution in [3.63, 3.8) is 0 Å². The third-order valence-electron chi connectivity index (χ3n) is 5.48. The predicted octanol–water partition coefficient (Wildman–Crippen LogP) is 3.19. The van der Waals surface area contributed by atoms with Crippen molar-refractivity contribution in [1.29, 1.82) is 0 Å². The molecule has 1 aliphatic carbocycles. The van der Waals surface area contributed by atoms with Crippen LogP contribution in [0.1, 0.15) is 23.5 Å². The molecular formula is C21H18FN7O. The Morgan fingerprint density at radius 2 is 2.17 bits per heavy atom. The number of nitrogens with zero attached hydrogens (tertiary/aromatic N) is 4. The minimum atomic E-state index is -0.532. The molecule has 4 aromatic rings. The number of hydrogen-bond donors (Lipinski definition) is 3. The minimum Gasteiger partial charge on any atom is -0.383 e. The van der Waals surface area contributed by atoms with E-state index in [1.165, 1.54) is 12.3 Å². The SMILES string of the molecule is Cc1ccncc1-c1nc(N)c2cnc(NC(=O)C3CC3c3cn[nH]c3)cc2c1F. The molecule has 4 aromatic heterocycles. The number of carbonyl (C=O) groups is 1. The Bertz CT molecular complexity index is 1270. The van der Waals surface area contributed by atoms with Gasteiger partial charge >= 0.3 is 0 Å². The number of amides is 1. The maximum absolute atomic E-state index is 15.4. The fraction of sp³-hybridized carbons (Fsp3) is 0.190. The number of carbonyl (C=O) groups excluding carboxylic acids is 1. The lowest BCUT2D eigenvalue weighted by Crippen LogP contribution is -2.15. The zero-order valence-corrected chi connectivity index (χ0v) is 16.1. The zero-order chi connectivity index (χ0) is 20.8. The summed E-state index contributed by atoms with van der Waals surface area (Å²) in [7, 11) is 0. The number of aryl methyl sites for hydroxylation is 1. The number of fused-ring (bicyclic) bond motifs is 1. The molecule has 1 fully saturated rings. The van der Waals surface area contributed by atoms with Crippen molar-refractivity contribution in [2.45, 2.75) is 19.3 Å². The van der Waals surface area contributed by atoms with Gasteiger partial charge in [-0.25, -0.2) is 14.4 Å². The van der Waals surface area contributed by atoms with Crippen molar-refractivity contribution < 1.29 is 9.18 Å². The molecular weight excluding hydrogens is 385 g/mol. The van der Waals surface area contributed by atoms with Crippen LogP contribution < -0.4 is 11.1 Å². The van der Waals surface area contributed by atoms with Crippen LogP contribution in [0.25, 0.3) is 22.0 Å². The Hall–Kier alpha value is -3.88. The second-order valence-electron chi connectivity index (χ2n) is 7.43. The minimum absolute atomic E-state index is 0.122.